The highest BCUT2D eigenvalue weighted by atomic mass is 16.5. The summed E-state index contributed by atoms with van der Waals surface area (Å²) < 4.78 is 11.2. The molecule has 0 N–H and O–H groups in total. The zero-order valence-electron chi connectivity index (χ0n) is 17.3. The molecule has 8 heteroatoms. The van der Waals surface area contributed by atoms with E-state index in [1.807, 2.05) is 32.0 Å². The number of carbonyl (C=O) groups excluding carboxylic acids is 2. The lowest BCUT2D eigenvalue weighted by atomic mass is 10.1. The average molecular weight is 410 g/mol. The van der Waals surface area contributed by atoms with Crippen molar-refractivity contribution in [1.29, 1.82) is 0 Å². The predicted octanol–water partition coefficient (Wildman–Crippen LogP) is 2.27. The van der Waals surface area contributed by atoms with Crippen LogP contribution in [0.15, 0.2) is 42.9 Å². The van der Waals surface area contributed by atoms with Crippen LogP contribution in [-0.2, 0) is 4.79 Å². The summed E-state index contributed by atoms with van der Waals surface area (Å²) in [6, 6.07) is 5.58. The first kappa shape index (κ1) is 21.3. The van der Waals surface area contributed by atoms with Gasteiger partial charge >= 0.3 is 0 Å². The summed E-state index contributed by atoms with van der Waals surface area (Å²) >= 11 is 0. The average Bonchev–Trinajstić information content (AvgIpc) is 2.79. The number of rotatable bonds is 7. The van der Waals surface area contributed by atoms with Gasteiger partial charge in [-0.2, -0.15) is 0 Å². The topological polar surface area (TPSA) is 84.9 Å². The van der Waals surface area contributed by atoms with Crippen molar-refractivity contribution in [2.75, 3.05) is 39.4 Å². The molecule has 0 spiro atoms. The fraction of sp³-hybridized carbons (Fsp3) is 0.364. The maximum Gasteiger partial charge on any atom is 0.274 e. The lowest BCUT2D eigenvalue weighted by Gasteiger charge is -2.34. The highest BCUT2D eigenvalue weighted by Crippen LogP contribution is 2.29. The van der Waals surface area contributed by atoms with Crippen LogP contribution < -0.4 is 9.47 Å². The SMILES string of the molecule is CCOc1ccc(/C=C/C(=O)N2CCN(C(=O)c3cnccn3)CC2)cc1OCC. The van der Waals surface area contributed by atoms with E-state index in [0.29, 0.717) is 56.6 Å². The number of aromatic nitrogens is 2. The summed E-state index contributed by atoms with van der Waals surface area (Å²) in [7, 11) is 0. The van der Waals surface area contributed by atoms with Gasteiger partial charge in [0.1, 0.15) is 5.69 Å². The van der Waals surface area contributed by atoms with Gasteiger partial charge in [0, 0.05) is 44.6 Å². The molecule has 2 heterocycles. The van der Waals surface area contributed by atoms with E-state index in [9.17, 15) is 9.59 Å². The zero-order chi connectivity index (χ0) is 21.3. The minimum atomic E-state index is -0.163. The quantitative estimate of drug-likeness (QED) is 0.651. The second-order valence-corrected chi connectivity index (χ2v) is 6.61. The molecule has 1 aromatic carbocycles. The summed E-state index contributed by atoms with van der Waals surface area (Å²) in [5, 5.41) is 0. The first-order valence-corrected chi connectivity index (χ1v) is 10.0. The molecule has 8 nitrogen and oxygen atoms in total. The number of hydrogen-bond acceptors (Lipinski definition) is 6. The number of nitrogens with zero attached hydrogens (tertiary/aromatic N) is 4. The van der Waals surface area contributed by atoms with Gasteiger partial charge in [0.05, 0.1) is 19.4 Å². The van der Waals surface area contributed by atoms with Crippen LogP contribution in [0.3, 0.4) is 0 Å². The minimum Gasteiger partial charge on any atom is -0.490 e. The summed E-state index contributed by atoms with van der Waals surface area (Å²) in [4.78, 5) is 36.4. The maximum atomic E-state index is 12.6. The molecule has 1 aromatic heterocycles. The Labute approximate surface area is 176 Å². The molecule has 158 valence electrons. The Hall–Kier alpha value is -3.42. The molecule has 0 unspecified atom stereocenters. The van der Waals surface area contributed by atoms with Gasteiger partial charge < -0.3 is 19.3 Å². The smallest absolute Gasteiger partial charge is 0.274 e. The van der Waals surface area contributed by atoms with E-state index in [1.165, 1.54) is 18.6 Å². The first-order chi connectivity index (χ1) is 14.6. The Morgan fingerprint density at radius 3 is 2.37 bits per heavy atom. The van der Waals surface area contributed by atoms with Gasteiger partial charge in [-0.1, -0.05) is 6.07 Å². The molecular weight excluding hydrogens is 384 g/mol. The molecule has 30 heavy (non-hydrogen) atoms. The van der Waals surface area contributed by atoms with Gasteiger partial charge in [-0.05, 0) is 37.6 Å². The highest BCUT2D eigenvalue weighted by molar-refractivity contribution is 5.93. The van der Waals surface area contributed by atoms with Crippen LogP contribution in [-0.4, -0.2) is 71.0 Å². The lowest BCUT2D eigenvalue weighted by Crippen LogP contribution is -2.50. The molecule has 0 bridgehead atoms. The Morgan fingerprint density at radius 2 is 1.70 bits per heavy atom. The summed E-state index contributed by atoms with van der Waals surface area (Å²) in [5.41, 5.74) is 1.17. The van der Waals surface area contributed by atoms with Crippen molar-refractivity contribution in [3.8, 4) is 11.5 Å². The molecule has 0 atom stereocenters. The van der Waals surface area contributed by atoms with Crippen LogP contribution in [0.5, 0.6) is 11.5 Å². The maximum absolute atomic E-state index is 12.6. The monoisotopic (exact) mass is 410 g/mol. The molecule has 0 aliphatic carbocycles. The van der Waals surface area contributed by atoms with Crippen LogP contribution in [0.1, 0.15) is 29.9 Å². The molecular formula is C22H26N4O4. The van der Waals surface area contributed by atoms with Crippen molar-refractivity contribution in [3.63, 3.8) is 0 Å². The molecule has 3 rings (SSSR count). The number of amides is 2. The van der Waals surface area contributed by atoms with Crippen LogP contribution in [0.25, 0.3) is 6.08 Å². The van der Waals surface area contributed by atoms with Crippen LogP contribution in [0, 0.1) is 0 Å². The van der Waals surface area contributed by atoms with Crippen molar-refractivity contribution >= 4 is 17.9 Å². The normalized spacial score (nSPS) is 14.1. The van der Waals surface area contributed by atoms with Gasteiger partial charge in [-0.15, -0.1) is 0 Å². The summed E-state index contributed by atoms with van der Waals surface area (Å²) in [6.45, 7) is 6.80. The number of benzene rings is 1. The van der Waals surface area contributed by atoms with Crippen molar-refractivity contribution in [2.24, 2.45) is 0 Å². The third kappa shape index (κ3) is 5.34. The van der Waals surface area contributed by atoms with Crippen molar-refractivity contribution < 1.29 is 19.1 Å². The first-order valence-electron chi connectivity index (χ1n) is 10.0. The standard InChI is InChI=1S/C22H26N4O4/c1-3-29-19-7-5-17(15-20(19)30-4-2)6-8-21(27)25-11-13-26(14-12-25)22(28)18-16-23-9-10-24-18/h5-10,15-16H,3-4,11-14H2,1-2H3/b8-6+. The minimum absolute atomic E-state index is 0.0894. The van der Waals surface area contributed by atoms with Crippen molar-refractivity contribution in [1.82, 2.24) is 19.8 Å². The van der Waals surface area contributed by atoms with Gasteiger partial charge in [-0.3, -0.25) is 14.6 Å². The van der Waals surface area contributed by atoms with E-state index in [0.717, 1.165) is 5.56 Å². The van der Waals surface area contributed by atoms with Gasteiger partial charge in [-0.25, -0.2) is 4.98 Å². The molecule has 2 amide bonds. The Morgan fingerprint density at radius 1 is 1.00 bits per heavy atom. The molecule has 0 saturated carbocycles. The zero-order valence-corrected chi connectivity index (χ0v) is 17.3. The largest absolute Gasteiger partial charge is 0.490 e. The number of ether oxygens (including phenoxy) is 2. The van der Waals surface area contributed by atoms with E-state index in [2.05, 4.69) is 9.97 Å². The van der Waals surface area contributed by atoms with E-state index >= 15 is 0 Å². The second kappa shape index (κ2) is 10.4. The van der Waals surface area contributed by atoms with E-state index in [1.54, 1.807) is 22.0 Å². The summed E-state index contributed by atoms with van der Waals surface area (Å²) in [6.07, 6.45) is 7.79. The predicted molar refractivity (Wildman–Crippen MR) is 112 cm³/mol. The van der Waals surface area contributed by atoms with Crippen molar-refractivity contribution in [3.05, 3.63) is 54.1 Å². The fourth-order valence-corrected chi connectivity index (χ4v) is 3.15. The summed E-state index contributed by atoms with van der Waals surface area (Å²) in [5.74, 6) is 1.09. The van der Waals surface area contributed by atoms with Crippen molar-refractivity contribution in [2.45, 2.75) is 13.8 Å². The third-order valence-corrected chi connectivity index (χ3v) is 4.65. The Bertz CT molecular complexity index is 893. The number of hydrogen-bond donors (Lipinski definition) is 0. The van der Waals surface area contributed by atoms with Gasteiger partial charge in [0.2, 0.25) is 5.91 Å². The molecule has 2 aromatic rings. The van der Waals surface area contributed by atoms with E-state index < -0.39 is 0 Å². The van der Waals surface area contributed by atoms with Crippen LogP contribution in [0.4, 0.5) is 0 Å². The Kier molecular flexibility index (Phi) is 7.37. The third-order valence-electron chi connectivity index (χ3n) is 4.65. The van der Waals surface area contributed by atoms with E-state index in [-0.39, 0.29) is 11.8 Å². The molecule has 1 saturated heterocycles. The van der Waals surface area contributed by atoms with Crippen LogP contribution in [0.2, 0.25) is 0 Å². The second-order valence-electron chi connectivity index (χ2n) is 6.61. The highest BCUT2D eigenvalue weighted by Gasteiger charge is 2.24. The van der Waals surface area contributed by atoms with E-state index in [4.69, 9.17) is 9.47 Å². The Balaban J connectivity index is 1.57. The lowest BCUT2D eigenvalue weighted by molar-refractivity contribution is -0.127. The van der Waals surface area contributed by atoms with Crippen LogP contribution >= 0.6 is 0 Å². The molecule has 1 fully saturated rings. The molecule has 0 radical (unpaired) electrons. The molecule has 1 aliphatic rings. The fourth-order valence-electron chi connectivity index (χ4n) is 3.15. The number of carbonyl (C=O) groups is 2. The van der Waals surface area contributed by atoms with Gasteiger partial charge in [0.25, 0.3) is 5.91 Å². The molecule has 1 aliphatic heterocycles. The number of piperazine rings is 1. The van der Waals surface area contributed by atoms with Gasteiger partial charge in [0.15, 0.2) is 11.5 Å².